The number of hydrogen-bond donors (Lipinski definition) is 1. The van der Waals surface area contributed by atoms with Crippen molar-refractivity contribution in [1.29, 1.82) is 0 Å². The van der Waals surface area contributed by atoms with E-state index in [0.717, 1.165) is 17.9 Å². The lowest BCUT2D eigenvalue weighted by Crippen LogP contribution is -2.10. The molecule has 0 unspecified atom stereocenters. The molecule has 0 aliphatic carbocycles. The van der Waals surface area contributed by atoms with E-state index in [2.05, 4.69) is 5.10 Å². The fourth-order valence-electron chi connectivity index (χ4n) is 1.55. The summed E-state index contributed by atoms with van der Waals surface area (Å²) in [5.74, 6) is 0.773. The summed E-state index contributed by atoms with van der Waals surface area (Å²) in [5, 5.41) is 4.10. The minimum absolute atomic E-state index is 0.566. The molecule has 4 heteroatoms. The molecule has 0 radical (unpaired) electrons. The highest BCUT2D eigenvalue weighted by molar-refractivity contribution is 5.56. The molecule has 1 heterocycles. The predicted molar refractivity (Wildman–Crippen MR) is 63.3 cm³/mol. The van der Waals surface area contributed by atoms with Gasteiger partial charge in [0.05, 0.1) is 12.2 Å². The first-order valence-electron chi connectivity index (χ1n) is 5.22. The highest BCUT2D eigenvalue weighted by Gasteiger charge is 2.03. The Kier molecular flexibility index (Phi) is 3.10. The molecule has 0 saturated heterocycles. The van der Waals surface area contributed by atoms with Gasteiger partial charge in [-0.05, 0) is 24.6 Å². The fourth-order valence-corrected chi connectivity index (χ4v) is 1.55. The van der Waals surface area contributed by atoms with Gasteiger partial charge in [-0.15, -0.1) is 0 Å². The van der Waals surface area contributed by atoms with Crippen LogP contribution in [0.25, 0.3) is 0 Å². The van der Waals surface area contributed by atoms with Gasteiger partial charge < -0.3 is 10.5 Å². The van der Waals surface area contributed by atoms with Gasteiger partial charge in [-0.2, -0.15) is 5.10 Å². The van der Waals surface area contributed by atoms with E-state index in [-0.39, 0.29) is 0 Å². The maximum Gasteiger partial charge on any atom is 0.145 e. The van der Waals surface area contributed by atoms with Gasteiger partial charge in [-0.1, -0.05) is 12.1 Å². The van der Waals surface area contributed by atoms with Crippen LogP contribution in [0.2, 0.25) is 0 Å². The molecule has 16 heavy (non-hydrogen) atoms. The average molecular weight is 217 g/mol. The zero-order valence-electron chi connectivity index (χ0n) is 9.26. The van der Waals surface area contributed by atoms with Crippen molar-refractivity contribution >= 4 is 5.69 Å². The fraction of sp³-hybridized carbons (Fsp3) is 0.250. The Bertz CT molecular complexity index is 431. The maximum absolute atomic E-state index is 5.83. The normalized spacial score (nSPS) is 10.3. The van der Waals surface area contributed by atoms with Crippen molar-refractivity contribution in [2.24, 2.45) is 0 Å². The lowest BCUT2D eigenvalue weighted by molar-refractivity contribution is 0.291. The number of ether oxygens (including phenoxy) is 1. The van der Waals surface area contributed by atoms with Crippen LogP contribution in [0.15, 0.2) is 36.7 Å². The molecular weight excluding hydrogens is 202 g/mol. The Labute approximate surface area is 94.6 Å². The van der Waals surface area contributed by atoms with E-state index in [4.69, 9.17) is 10.5 Å². The molecule has 2 aromatic rings. The van der Waals surface area contributed by atoms with Crippen molar-refractivity contribution in [3.63, 3.8) is 0 Å². The molecule has 2 N–H and O–H groups in total. The molecule has 84 valence electrons. The SMILES string of the molecule is Cc1cccc(N)c1OCCn1cccn1. The number of aromatic nitrogens is 2. The van der Waals surface area contributed by atoms with Gasteiger partial charge in [0.25, 0.3) is 0 Å². The van der Waals surface area contributed by atoms with Crippen molar-refractivity contribution < 1.29 is 4.74 Å². The van der Waals surface area contributed by atoms with Crippen LogP contribution in [0, 0.1) is 6.92 Å². The molecule has 0 fully saturated rings. The molecule has 0 aliphatic heterocycles. The molecule has 1 aromatic heterocycles. The second-order valence-corrected chi connectivity index (χ2v) is 3.61. The number of aryl methyl sites for hydroxylation is 1. The third kappa shape index (κ3) is 2.34. The summed E-state index contributed by atoms with van der Waals surface area (Å²) in [4.78, 5) is 0. The number of nitrogens with two attached hydrogens (primary N) is 1. The highest BCUT2D eigenvalue weighted by Crippen LogP contribution is 2.25. The minimum atomic E-state index is 0.566. The third-order valence-corrected chi connectivity index (χ3v) is 2.37. The third-order valence-electron chi connectivity index (χ3n) is 2.37. The van der Waals surface area contributed by atoms with Gasteiger partial charge in [0.2, 0.25) is 0 Å². The summed E-state index contributed by atoms with van der Waals surface area (Å²) >= 11 is 0. The van der Waals surface area contributed by atoms with E-state index < -0.39 is 0 Å². The van der Waals surface area contributed by atoms with Crippen LogP contribution in [0.5, 0.6) is 5.75 Å². The van der Waals surface area contributed by atoms with E-state index in [1.54, 1.807) is 6.20 Å². The first-order chi connectivity index (χ1) is 7.77. The van der Waals surface area contributed by atoms with Crippen LogP contribution in [0.4, 0.5) is 5.69 Å². The second-order valence-electron chi connectivity index (χ2n) is 3.61. The summed E-state index contributed by atoms with van der Waals surface area (Å²) in [6, 6.07) is 7.64. The van der Waals surface area contributed by atoms with Crippen molar-refractivity contribution in [1.82, 2.24) is 9.78 Å². The molecule has 1 aromatic carbocycles. The average Bonchev–Trinajstić information content (AvgIpc) is 2.75. The molecule has 0 atom stereocenters. The van der Waals surface area contributed by atoms with Crippen LogP contribution < -0.4 is 10.5 Å². The van der Waals surface area contributed by atoms with Crippen molar-refractivity contribution in [3.8, 4) is 5.75 Å². The molecule has 2 rings (SSSR count). The van der Waals surface area contributed by atoms with Gasteiger partial charge in [-0.3, -0.25) is 4.68 Å². The zero-order valence-corrected chi connectivity index (χ0v) is 9.26. The predicted octanol–water partition coefficient (Wildman–Crippen LogP) is 1.85. The Morgan fingerprint density at radius 2 is 2.25 bits per heavy atom. The smallest absolute Gasteiger partial charge is 0.145 e. The summed E-state index contributed by atoms with van der Waals surface area (Å²) in [6.07, 6.45) is 3.66. The van der Waals surface area contributed by atoms with E-state index in [1.807, 2.05) is 42.1 Å². The number of rotatable bonds is 4. The maximum atomic E-state index is 5.83. The topological polar surface area (TPSA) is 53.1 Å². The number of nitrogens with zero attached hydrogens (tertiary/aromatic N) is 2. The van der Waals surface area contributed by atoms with Crippen LogP contribution in [-0.4, -0.2) is 16.4 Å². The molecule has 4 nitrogen and oxygen atoms in total. The van der Waals surface area contributed by atoms with E-state index in [9.17, 15) is 0 Å². The first-order valence-corrected chi connectivity index (χ1v) is 5.22. The van der Waals surface area contributed by atoms with Crippen molar-refractivity contribution in [2.45, 2.75) is 13.5 Å². The molecule has 0 amide bonds. The van der Waals surface area contributed by atoms with Gasteiger partial charge in [0.15, 0.2) is 0 Å². The van der Waals surface area contributed by atoms with E-state index in [1.165, 1.54) is 0 Å². The van der Waals surface area contributed by atoms with Gasteiger partial charge in [0.1, 0.15) is 12.4 Å². The van der Waals surface area contributed by atoms with Crippen LogP contribution >= 0.6 is 0 Å². The van der Waals surface area contributed by atoms with Crippen molar-refractivity contribution in [2.75, 3.05) is 12.3 Å². The molecular formula is C12H15N3O. The van der Waals surface area contributed by atoms with Crippen LogP contribution in [0.3, 0.4) is 0 Å². The highest BCUT2D eigenvalue weighted by atomic mass is 16.5. The Morgan fingerprint density at radius 3 is 2.94 bits per heavy atom. The largest absolute Gasteiger partial charge is 0.489 e. The quantitative estimate of drug-likeness (QED) is 0.795. The Hall–Kier alpha value is -1.97. The number of benzene rings is 1. The summed E-state index contributed by atoms with van der Waals surface area (Å²) in [5.41, 5.74) is 7.57. The lowest BCUT2D eigenvalue weighted by Gasteiger charge is -2.11. The monoisotopic (exact) mass is 217 g/mol. The molecule has 0 saturated carbocycles. The van der Waals surface area contributed by atoms with Crippen molar-refractivity contribution in [3.05, 3.63) is 42.2 Å². The van der Waals surface area contributed by atoms with Crippen LogP contribution in [0.1, 0.15) is 5.56 Å². The summed E-state index contributed by atoms with van der Waals surface area (Å²) in [6.45, 7) is 3.27. The second kappa shape index (κ2) is 4.70. The molecule has 0 bridgehead atoms. The Balaban J connectivity index is 1.95. The zero-order chi connectivity index (χ0) is 11.4. The molecule has 0 aliphatic rings. The van der Waals surface area contributed by atoms with Gasteiger partial charge >= 0.3 is 0 Å². The summed E-state index contributed by atoms with van der Waals surface area (Å²) in [7, 11) is 0. The number of para-hydroxylation sites is 1. The first kappa shape index (κ1) is 10.5. The number of nitrogen functional groups attached to an aromatic ring is 1. The minimum Gasteiger partial charge on any atom is -0.489 e. The molecule has 0 spiro atoms. The van der Waals surface area contributed by atoms with Crippen LogP contribution in [-0.2, 0) is 6.54 Å². The number of anilines is 1. The standard InChI is InChI=1S/C12H15N3O/c1-10-4-2-5-11(13)12(10)16-9-8-15-7-3-6-14-15/h2-7H,8-9,13H2,1H3. The summed E-state index contributed by atoms with van der Waals surface area (Å²) < 4.78 is 7.48. The van der Waals surface area contributed by atoms with Gasteiger partial charge in [0, 0.05) is 12.4 Å². The number of hydrogen-bond acceptors (Lipinski definition) is 3. The van der Waals surface area contributed by atoms with E-state index in [0.29, 0.717) is 12.3 Å². The van der Waals surface area contributed by atoms with E-state index >= 15 is 0 Å². The lowest BCUT2D eigenvalue weighted by atomic mass is 10.2. The Morgan fingerprint density at radius 1 is 1.38 bits per heavy atom. The van der Waals surface area contributed by atoms with Gasteiger partial charge in [-0.25, -0.2) is 0 Å².